The molecule has 0 aromatic carbocycles. The summed E-state index contributed by atoms with van der Waals surface area (Å²) in [6.07, 6.45) is 0.882. The number of aliphatic hydroxyl groups is 2. The Hall–Kier alpha value is -1.44. The van der Waals surface area contributed by atoms with Gasteiger partial charge in [-0.1, -0.05) is 19.9 Å². The van der Waals surface area contributed by atoms with Gasteiger partial charge in [-0.3, -0.25) is 9.69 Å². The molecule has 0 spiro atoms. The number of rotatable bonds is 2. The molecule has 3 rings (SSSR count). The average molecular weight is 353 g/mol. The molecular weight excluding hydrogens is 326 g/mol. The second kappa shape index (κ2) is 6.70. The smallest absolute Gasteiger partial charge is 0.341 e. The number of hydrogen-bond donors (Lipinski definition) is 2. The molecule has 25 heavy (non-hydrogen) atoms. The summed E-state index contributed by atoms with van der Waals surface area (Å²) in [5.74, 6) is -2.17. The van der Waals surface area contributed by atoms with Crippen LogP contribution in [0.4, 0.5) is 0 Å². The molecule has 0 aliphatic carbocycles. The van der Waals surface area contributed by atoms with Crippen molar-refractivity contribution in [1.29, 1.82) is 0 Å². The highest BCUT2D eigenvalue weighted by Crippen LogP contribution is 2.35. The maximum Gasteiger partial charge on any atom is 0.341 e. The predicted octanol–water partition coefficient (Wildman–Crippen LogP) is 0.244. The largest absolute Gasteiger partial charge is 0.460 e. The minimum absolute atomic E-state index is 0.0371. The summed E-state index contributed by atoms with van der Waals surface area (Å²) in [7, 11) is 0. The number of cyclic esters (lactones) is 1. The van der Waals surface area contributed by atoms with E-state index in [1.54, 1.807) is 0 Å². The SMILES string of the molecule is CC(C)[C@H]1C[C@](O)([C@@H](C)O)C(=O)OCC2=CCN3CC[C@@H](OC1=O)[C@@H]23. The summed E-state index contributed by atoms with van der Waals surface area (Å²) in [6, 6.07) is -0.0673. The zero-order valence-corrected chi connectivity index (χ0v) is 15.0. The molecule has 5 atom stereocenters. The molecule has 0 amide bonds. The van der Waals surface area contributed by atoms with Gasteiger partial charge in [-0.05, 0) is 24.8 Å². The zero-order chi connectivity index (χ0) is 18.4. The molecule has 3 aliphatic heterocycles. The number of ether oxygens (including phenoxy) is 2. The fourth-order valence-corrected chi connectivity index (χ4v) is 3.99. The van der Waals surface area contributed by atoms with Crippen LogP contribution in [0.5, 0.6) is 0 Å². The first-order valence-corrected chi connectivity index (χ1v) is 8.95. The van der Waals surface area contributed by atoms with Crippen molar-refractivity contribution in [1.82, 2.24) is 4.90 Å². The molecule has 3 aliphatic rings. The van der Waals surface area contributed by atoms with Crippen LogP contribution in [0.2, 0.25) is 0 Å². The Morgan fingerprint density at radius 1 is 1.32 bits per heavy atom. The monoisotopic (exact) mass is 353 g/mol. The molecule has 0 radical (unpaired) electrons. The van der Waals surface area contributed by atoms with E-state index in [-0.39, 0.29) is 31.1 Å². The van der Waals surface area contributed by atoms with Gasteiger partial charge in [-0.2, -0.15) is 0 Å². The van der Waals surface area contributed by atoms with Crippen LogP contribution in [0.1, 0.15) is 33.6 Å². The van der Waals surface area contributed by atoms with Crippen molar-refractivity contribution in [2.45, 2.75) is 57.5 Å². The van der Waals surface area contributed by atoms with Crippen molar-refractivity contribution in [3.05, 3.63) is 11.6 Å². The lowest BCUT2D eigenvalue weighted by atomic mass is 9.81. The van der Waals surface area contributed by atoms with Crippen molar-refractivity contribution >= 4 is 11.9 Å². The Morgan fingerprint density at radius 3 is 2.68 bits per heavy atom. The highest BCUT2D eigenvalue weighted by molar-refractivity contribution is 5.82. The molecule has 2 saturated heterocycles. The van der Waals surface area contributed by atoms with Gasteiger partial charge in [0, 0.05) is 19.5 Å². The third kappa shape index (κ3) is 3.20. The summed E-state index contributed by atoms with van der Waals surface area (Å²) < 4.78 is 11.1. The van der Waals surface area contributed by atoms with Crippen LogP contribution in [0.3, 0.4) is 0 Å². The van der Waals surface area contributed by atoms with Crippen LogP contribution in [0, 0.1) is 11.8 Å². The highest BCUT2D eigenvalue weighted by Gasteiger charge is 2.50. The molecule has 2 fully saturated rings. The Labute approximate surface area is 147 Å². The summed E-state index contributed by atoms with van der Waals surface area (Å²) in [5, 5.41) is 20.8. The molecule has 3 heterocycles. The van der Waals surface area contributed by atoms with Gasteiger partial charge >= 0.3 is 11.9 Å². The Morgan fingerprint density at radius 2 is 2.04 bits per heavy atom. The predicted molar refractivity (Wildman–Crippen MR) is 88.5 cm³/mol. The lowest BCUT2D eigenvalue weighted by molar-refractivity contribution is -0.182. The van der Waals surface area contributed by atoms with E-state index < -0.39 is 29.6 Å². The maximum atomic E-state index is 12.8. The first-order valence-electron chi connectivity index (χ1n) is 8.95. The van der Waals surface area contributed by atoms with Crippen LogP contribution in [0.25, 0.3) is 0 Å². The molecule has 0 aromatic rings. The van der Waals surface area contributed by atoms with E-state index in [1.165, 1.54) is 6.92 Å². The molecule has 2 N–H and O–H groups in total. The van der Waals surface area contributed by atoms with E-state index in [1.807, 2.05) is 19.9 Å². The van der Waals surface area contributed by atoms with Gasteiger partial charge in [0.1, 0.15) is 12.7 Å². The third-order valence-corrected chi connectivity index (χ3v) is 5.73. The average Bonchev–Trinajstić information content (AvgIpc) is 3.11. The first-order chi connectivity index (χ1) is 11.7. The van der Waals surface area contributed by atoms with Crippen molar-refractivity contribution in [3.8, 4) is 0 Å². The van der Waals surface area contributed by atoms with Gasteiger partial charge in [-0.15, -0.1) is 0 Å². The number of carbonyl (C=O) groups excluding carboxylic acids is 2. The van der Waals surface area contributed by atoms with Crippen LogP contribution in [-0.4, -0.2) is 70.6 Å². The Balaban J connectivity index is 1.95. The molecule has 0 bridgehead atoms. The van der Waals surface area contributed by atoms with E-state index in [2.05, 4.69) is 4.90 Å². The van der Waals surface area contributed by atoms with Crippen molar-refractivity contribution < 1.29 is 29.3 Å². The van der Waals surface area contributed by atoms with Crippen LogP contribution in [0.15, 0.2) is 11.6 Å². The summed E-state index contributed by atoms with van der Waals surface area (Å²) >= 11 is 0. The molecular formula is C18H27NO6. The number of hydrogen-bond acceptors (Lipinski definition) is 7. The molecule has 0 aromatic heterocycles. The number of aliphatic hydroxyl groups excluding tert-OH is 1. The standard InChI is InChI=1S/C18H27NO6/c1-10(2)13-8-18(23,11(3)20)17(22)24-9-12-4-6-19-7-5-14(15(12)19)25-16(13)21/h4,10-11,13-15,20,23H,5-9H2,1-3H3/t11-,13-,14-,15-,18+/m1/s1. The number of nitrogens with zero attached hydrogens (tertiary/aromatic N) is 1. The molecule has 0 saturated carbocycles. The fourth-order valence-electron chi connectivity index (χ4n) is 3.99. The lowest BCUT2D eigenvalue weighted by Crippen LogP contribution is -2.52. The summed E-state index contributed by atoms with van der Waals surface area (Å²) in [4.78, 5) is 27.5. The Kier molecular flexibility index (Phi) is 4.92. The number of carbonyl (C=O) groups is 2. The third-order valence-electron chi connectivity index (χ3n) is 5.73. The van der Waals surface area contributed by atoms with Gasteiger partial charge in [0.25, 0.3) is 0 Å². The van der Waals surface area contributed by atoms with Gasteiger partial charge in [0.15, 0.2) is 5.60 Å². The van der Waals surface area contributed by atoms with Gasteiger partial charge < -0.3 is 19.7 Å². The lowest BCUT2D eigenvalue weighted by Gasteiger charge is -2.32. The number of esters is 2. The second-order valence-corrected chi connectivity index (χ2v) is 7.71. The van der Waals surface area contributed by atoms with Crippen molar-refractivity contribution in [3.63, 3.8) is 0 Å². The quantitative estimate of drug-likeness (QED) is 0.542. The van der Waals surface area contributed by atoms with Crippen molar-refractivity contribution in [2.24, 2.45) is 11.8 Å². The molecule has 7 nitrogen and oxygen atoms in total. The van der Waals surface area contributed by atoms with Crippen LogP contribution in [-0.2, 0) is 19.1 Å². The molecule has 140 valence electrons. The van der Waals surface area contributed by atoms with Crippen molar-refractivity contribution in [2.75, 3.05) is 19.7 Å². The van der Waals surface area contributed by atoms with Crippen LogP contribution >= 0.6 is 0 Å². The van der Waals surface area contributed by atoms with E-state index >= 15 is 0 Å². The van der Waals surface area contributed by atoms with Crippen LogP contribution < -0.4 is 0 Å². The van der Waals surface area contributed by atoms with Gasteiger partial charge in [-0.25, -0.2) is 4.79 Å². The fraction of sp³-hybridized carbons (Fsp3) is 0.778. The van der Waals surface area contributed by atoms with Gasteiger partial charge in [0.05, 0.1) is 18.1 Å². The summed E-state index contributed by atoms with van der Waals surface area (Å²) in [6.45, 7) is 6.60. The topological polar surface area (TPSA) is 96.3 Å². The zero-order valence-electron chi connectivity index (χ0n) is 15.0. The minimum atomic E-state index is -2.13. The maximum absolute atomic E-state index is 12.8. The van der Waals surface area contributed by atoms with E-state index in [0.717, 1.165) is 25.1 Å². The molecule has 0 unspecified atom stereocenters. The van der Waals surface area contributed by atoms with E-state index in [4.69, 9.17) is 9.47 Å². The first kappa shape index (κ1) is 18.4. The van der Waals surface area contributed by atoms with E-state index in [9.17, 15) is 19.8 Å². The minimum Gasteiger partial charge on any atom is -0.460 e. The highest BCUT2D eigenvalue weighted by atomic mass is 16.6. The molecule has 7 heteroatoms. The van der Waals surface area contributed by atoms with E-state index in [0.29, 0.717) is 0 Å². The second-order valence-electron chi connectivity index (χ2n) is 7.71. The summed E-state index contributed by atoms with van der Waals surface area (Å²) in [5.41, 5.74) is -1.24. The normalized spacial score (nSPS) is 37.8. The van der Waals surface area contributed by atoms with Gasteiger partial charge in [0.2, 0.25) is 0 Å². The Bertz CT molecular complexity index is 586.